The highest BCUT2D eigenvalue weighted by atomic mass is 16.3. The first kappa shape index (κ1) is 11.7. The number of rotatable bonds is 4. The zero-order valence-corrected chi connectivity index (χ0v) is 10.0. The van der Waals surface area contributed by atoms with Crippen molar-refractivity contribution in [1.29, 1.82) is 0 Å². The van der Waals surface area contributed by atoms with Crippen molar-refractivity contribution in [2.24, 2.45) is 5.73 Å². The Labute approximate surface area is 102 Å². The van der Waals surface area contributed by atoms with E-state index in [1.54, 1.807) is 12.1 Å². The molecule has 1 aromatic heterocycles. The van der Waals surface area contributed by atoms with E-state index in [4.69, 9.17) is 5.73 Å². The lowest BCUT2D eigenvalue weighted by Gasteiger charge is -2.11. The van der Waals surface area contributed by atoms with Crippen LogP contribution in [0.5, 0.6) is 5.75 Å². The lowest BCUT2D eigenvalue weighted by Crippen LogP contribution is -2.20. The van der Waals surface area contributed by atoms with E-state index in [-0.39, 0.29) is 6.04 Å². The van der Waals surface area contributed by atoms with Crippen LogP contribution in [0.1, 0.15) is 18.2 Å². The molecule has 2 aromatic rings. The van der Waals surface area contributed by atoms with Gasteiger partial charge in [-0.25, -0.2) is 0 Å². The van der Waals surface area contributed by atoms with Gasteiger partial charge < -0.3 is 15.4 Å². The Morgan fingerprint density at radius 3 is 2.82 bits per heavy atom. The molecule has 1 unspecified atom stereocenters. The molecule has 1 atom stereocenters. The monoisotopic (exact) mass is 230 g/mol. The molecule has 0 radical (unpaired) electrons. The zero-order valence-electron chi connectivity index (χ0n) is 10.0. The Morgan fingerprint density at radius 1 is 1.29 bits per heavy atom. The van der Waals surface area contributed by atoms with E-state index >= 15 is 0 Å². The number of phenolic OH excluding ortho intramolecular Hbond substituents is 1. The summed E-state index contributed by atoms with van der Waals surface area (Å²) < 4.78 is 2.16. The van der Waals surface area contributed by atoms with Gasteiger partial charge in [-0.05, 0) is 36.8 Å². The molecule has 0 aliphatic carbocycles. The van der Waals surface area contributed by atoms with E-state index in [1.165, 1.54) is 5.69 Å². The van der Waals surface area contributed by atoms with Gasteiger partial charge in [0.2, 0.25) is 0 Å². The average Bonchev–Trinajstić information content (AvgIpc) is 2.65. The summed E-state index contributed by atoms with van der Waals surface area (Å²) in [6, 6.07) is 11.6. The first-order chi connectivity index (χ1) is 8.15. The minimum atomic E-state index is 0.160. The molecule has 0 aliphatic rings. The molecule has 0 saturated carbocycles. The second-order valence-corrected chi connectivity index (χ2v) is 4.48. The Balaban J connectivity index is 2.16. The molecule has 3 N–H and O–H groups in total. The molecule has 3 heteroatoms. The molecular formula is C14H18N2O. The predicted octanol–water partition coefficient (Wildman–Crippen LogP) is 2.13. The Morgan fingerprint density at radius 2 is 2.12 bits per heavy atom. The zero-order chi connectivity index (χ0) is 12.3. The molecule has 0 spiro atoms. The summed E-state index contributed by atoms with van der Waals surface area (Å²) in [7, 11) is 0. The van der Waals surface area contributed by atoms with E-state index in [2.05, 4.69) is 10.6 Å². The number of nitrogens with two attached hydrogens (primary N) is 1. The van der Waals surface area contributed by atoms with Crippen molar-refractivity contribution in [3.63, 3.8) is 0 Å². The number of phenols is 1. The highest BCUT2D eigenvalue weighted by Gasteiger charge is 2.04. The molecule has 0 amide bonds. The van der Waals surface area contributed by atoms with Gasteiger partial charge in [0.05, 0.1) is 0 Å². The first-order valence-electron chi connectivity index (χ1n) is 5.82. The highest BCUT2D eigenvalue weighted by Crippen LogP contribution is 2.14. The first-order valence-corrected chi connectivity index (χ1v) is 5.82. The highest BCUT2D eigenvalue weighted by molar-refractivity contribution is 5.27. The van der Waals surface area contributed by atoms with Crippen LogP contribution in [0.25, 0.3) is 0 Å². The third-order valence-electron chi connectivity index (χ3n) is 2.72. The summed E-state index contributed by atoms with van der Waals surface area (Å²) in [5, 5.41) is 9.43. The maximum atomic E-state index is 9.43. The fourth-order valence-electron chi connectivity index (χ4n) is 1.97. The number of aromatic hydroxyl groups is 1. The van der Waals surface area contributed by atoms with Crippen LogP contribution in [-0.4, -0.2) is 15.7 Å². The SMILES string of the molecule is CC(N)Cc1cccn1Cc1cccc(O)c1. The van der Waals surface area contributed by atoms with E-state index in [1.807, 2.05) is 31.3 Å². The summed E-state index contributed by atoms with van der Waals surface area (Å²) in [4.78, 5) is 0. The fraction of sp³-hybridized carbons (Fsp3) is 0.286. The van der Waals surface area contributed by atoms with Gasteiger partial charge in [0, 0.05) is 30.9 Å². The molecule has 1 aromatic carbocycles. The van der Waals surface area contributed by atoms with E-state index in [0.717, 1.165) is 18.5 Å². The van der Waals surface area contributed by atoms with Crippen LogP contribution in [-0.2, 0) is 13.0 Å². The normalized spacial score (nSPS) is 12.6. The molecular weight excluding hydrogens is 212 g/mol. The summed E-state index contributed by atoms with van der Waals surface area (Å²) in [6.45, 7) is 2.77. The molecule has 90 valence electrons. The maximum absolute atomic E-state index is 9.43. The van der Waals surface area contributed by atoms with Crippen LogP contribution >= 0.6 is 0 Å². The Kier molecular flexibility index (Phi) is 3.49. The number of benzene rings is 1. The summed E-state index contributed by atoms with van der Waals surface area (Å²) in [5.74, 6) is 0.309. The number of aromatic nitrogens is 1. The third kappa shape index (κ3) is 3.11. The second-order valence-electron chi connectivity index (χ2n) is 4.48. The molecule has 1 heterocycles. The lowest BCUT2D eigenvalue weighted by atomic mass is 10.2. The van der Waals surface area contributed by atoms with Gasteiger partial charge in [-0.2, -0.15) is 0 Å². The Bertz CT molecular complexity index is 488. The summed E-state index contributed by atoms with van der Waals surface area (Å²) in [5.41, 5.74) is 8.13. The van der Waals surface area contributed by atoms with Crippen molar-refractivity contribution < 1.29 is 5.11 Å². The van der Waals surface area contributed by atoms with Crippen LogP contribution in [0.4, 0.5) is 0 Å². The molecule has 3 nitrogen and oxygen atoms in total. The van der Waals surface area contributed by atoms with Gasteiger partial charge in [-0.3, -0.25) is 0 Å². The van der Waals surface area contributed by atoms with Crippen LogP contribution in [0.2, 0.25) is 0 Å². The van der Waals surface area contributed by atoms with Gasteiger partial charge >= 0.3 is 0 Å². The third-order valence-corrected chi connectivity index (χ3v) is 2.72. The van der Waals surface area contributed by atoms with Crippen molar-refractivity contribution >= 4 is 0 Å². The van der Waals surface area contributed by atoms with Gasteiger partial charge in [-0.1, -0.05) is 12.1 Å². The van der Waals surface area contributed by atoms with Crippen molar-refractivity contribution in [3.8, 4) is 5.75 Å². The van der Waals surface area contributed by atoms with E-state index in [0.29, 0.717) is 5.75 Å². The Hall–Kier alpha value is -1.74. The molecule has 17 heavy (non-hydrogen) atoms. The van der Waals surface area contributed by atoms with Crippen LogP contribution < -0.4 is 5.73 Å². The van der Waals surface area contributed by atoms with Gasteiger partial charge in [0.15, 0.2) is 0 Å². The molecule has 0 fully saturated rings. The van der Waals surface area contributed by atoms with Gasteiger partial charge in [0.1, 0.15) is 5.75 Å². The summed E-state index contributed by atoms with van der Waals surface area (Å²) >= 11 is 0. The number of nitrogens with zero attached hydrogens (tertiary/aromatic N) is 1. The topological polar surface area (TPSA) is 51.2 Å². The maximum Gasteiger partial charge on any atom is 0.115 e. The fourth-order valence-corrected chi connectivity index (χ4v) is 1.97. The van der Waals surface area contributed by atoms with E-state index < -0.39 is 0 Å². The van der Waals surface area contributed by atoms with Crippen molar-refractivity contribution in [1.82, 2.24) is 4.57 Å². The second kappa shape index (κ2) is 5.06. The van der Waals surface area contributed by atoms with Gasteiger partial charge in [0.25, 0.3) is 0 Å². The van der Waals surface area contributed by atoms with Crippen LogP contribution in [0.3, 0.4) is 0 Å². The van der Waals surface area contributed by atoms with Crippen molar-refractivity contribution in [2.75, 3.05) is 0 Å². The van der Waals surface area contributed by atoms with Gasteiger partial charge in [-0.15, -0.1) is 0 Å². The standard InChI is InChI=1S/C14H18N2O/c1-11(15)8-13-5-3-7-16(13)10-12-4-2-6-14(17)9-12/h2-7,9,11,17H,8,10,15H2,1H3. The predicted molar refractivity (Wildman–Crippen MR) is 69.0 cm³/mol. The number of hydrogen-bond acceptors (Lipinski definition) is 2. The smallest absolute Gasteiger partial charge is 0.115 e. The quantitative estimate of drug-likeness (QED) is 0.845. The molecule has 0 saturated heterocycles. The molecule has 0 aliphatic heterocycles. The molecule has 0 bridgehead atoms. The largest absolute Gasteiger partial charge is 0.508 e. The molecule has 2 rings (SSSR count). The van der Waals surface area contributed by atoms with Crippen molar-refractivity contribution in [3.05, 3.63) is 53.9 Å². The van der Waals surface area contributed by atoms with Crippen LogP contribution in [0, 0.1) is 0 Å². The van der Waals surface area contributed by atoms with E-state index in [9.17, 15) is 5.11 Å². The number of hydrogen-bond donors (Lipinski definition) is 2. The average molecular weight is 230 g/mol. The van der Waals surface area contributed by atoms with Crippen molar-refractivity contribution in [2.45, 2.75) is 25.9 Å². The summed E-state index contributed by atoms with van der Waals surface area (Å²) in [6.07, 6.45) is 2.91. The minimum absolute atomic E-state index is 0.160. The minimum Gasteiger partial charge on any atom is -0.508 e. The van der Waals surface area contributed by atoms with Crippen LogP contribution in [0.15, 0.2) is 42.6 Å². The lowest BCUT2D eigenvalue weighted by molar-refractivity contribution is 0.474.